The highest BCUT2D eigenvalue weighted by Crippen LogP contribution is 2.26. The highest BCUT2D eigenvalue weighted by Gasteiger charge is 2.18. The van der Waals surface area contributed by atoms with Gasteiger partial charge in [0.1, 0.15) is 0 Å². The molecular formula is C22H24Cl2N4O2. The Bertz CT molecular complexity index is 975. The van der Waals surface area contributed by atoms with Gasteiger partial charge in [0, 0.05) is 5.02 Å². The minimum absolute atomic E-state index is 0.0725. The first-order valence-corrected chi connectivity index (χ1v) is 10.6. The van der Waals surface area contributed by atoms with Crippen LogP contribution in [0.25, 0.3) is 11.5 Å². The van der Waals surface area contributed by atoms with E-state index in [-0.39, 0.29) is 18.5 Å². The summed E-state index contributed by atoms with van der Waals surface area (Å²) in [6.07, 6.45) is 0.894. The summed E-state index contributed by atoms with van der Waals surface area (Å²) in [5.74, 6) is 0.738. The smallest absolute Gasteiger partial charge is 0.249 e. The molecule has 0 aliphatic rings. The van der Waals surface area contributed by atoms with E-state index < -0.39 is 0 Å². The van der Waals surface area contributed by atoms with Crippen molar-refractivity contribution in [3.05, 3.63) is 70.0 Å². The van der Waals surface area contributed by atoms with E-state index in [0.717, 1.165) is 18.5 Å². The average Bonchev–Trinajstić information content (AvgIpc) is 3.17. The monoisotopic (exact) mass is 446 g/mol. The third-order valence-electron chi connectivity index (χ3n) is 4.58. The predicted octanol–water partition coefficient (Wildman–Crippen LogP) is 5.13. The summed E-state index contributed by atoms with van der Waals surface area (Å²) in [4.78, 5) is 14.6. The van der Waals surface area contributed by atoms with E-state index in [0.29, 0.717) is 33.9 Å². The van der Waals surface area contributed by atoms with Crippen LogP contribution >= 0.6 is 23.2 Å². The molecule has 1 unspecified atom stereocenters. The summed E-state index contributed by atoms with van der Waals surface area (Å²) in [6, 6.07) is 14.6. The molecule has 1 aromatic heterocycles. The second-order valence-electron chi connectivity index (χ2n) is 7.03. The van der Waals surface area contributed by atoms with E-state index in [4.69, 9.17) is 27.6 Å². The molecule has 1 heterocycles. The highest BCUT2D eigenvalue weighted by molar-refractivity contribution is 6.33. The standard InChI is InChI=1S/C22H24Cl2N4O2/c1-3-12-28(13-20(29)25-15(2)16-8-10-17(23)11-9-16)14-21-26-27-22(30-21)18-6-4-5-7-19(18)24/h4-11,15H,3,12-14H2,1-2H3,(H,25,29). The van der Waals surface area contributed by atoms with Crippen LogP contribution in [0.5, 0.6) is 0 Å². The molecule has 3 aromatic rings. The first kappa shape index (κ1) is 22.3. The second kappa shape index (κ2) is 10.6. The Hall–Kier alpha value is -2.41. The molecule has 6 nitrogen and oxygen atoms in total. The largest absolute Gasteiger partial charge is 0.419 e. The second-order valence-corrected chi connectivity index (χ2v) is 7.88. The predicted molar refractivity (Wildman–Crippen MR) is 118 cm³/mol. The lowest BCUT2D eigenvalue weighted by Crippen LogP contribution is -2.38. The fraction of sp³-hybridized carbons (Fsp3) is 0.318. The maximum Gasteiger partial charge on any atom is 0.249 e. The maximum atomic E-state index is 12.6. The number of benzene rings is 2. The number of nitrogens with one attached hydrogen (secondary N) is 1. The maximum absolute atomic E-state index is 12.6. The van der Waals surface area contributed by atoms with Gasteiger partial charge in [-0.15, -0.1) is 10.2 Å². The average molecular weight is 447 g/mol. The van der Waals surface area contributed by atoms with E-state index >= 15 is 0 Å². The van der Waals surface area contributed by atoms with E-state index in [1.165, 1.54) is 0 Å². The minimum Gasteiger partial charge on any atom is -0.419 e. The quantitative estimate of drug-likeness (QED) is 0.492. The molecule has 158 valence electrons. The lowest BCUT2D eigenvalue weighted by Gasteiger charge is -2.21. The van der Waals surface area contributed by atoms with Gasteiger partial charge in [-0.1, -0.05) is 54.4 Å². The Labute approximate surface area is 186 Å². The van der Waals surface area contributed by atoms with Crippen LogP contribution in [0.2, 0.25) is 10.0 Å². The molecule has 0 fully saturated rings. The van der Waals surface area contributed by atoms with E-state index in [9.17, 15) is 4.79 Å². The fourth-order valence-electron chi connectivity index (χ4n) is 3.11. The molecule has 0 saturated carbocycles. The van der Waals surface area contributed by atoms with Gasteiger partial charge in [0.25, 0.3) is 0 Å². The SMILES string of the molecule is CCCN(CC(=O)NC(C)c1ccc(Cl)cc1)Cc1nnc(-c2ccccc2Cl)o1. The van der Waals surface area contributed by atoms with Gasteiger partial charge in [-0.25, -0.2) is 0 Å². The summed E-state index contributed by atoms with van der Waals surface area (Å²) in [5, 5.41) is 12.5. The number of halogens is 2. The van der Waals surface area contributed by atoms with Gasteiger partial charge in [-0.3, -0.25) is 9.69 Å². The van der Waals surface area contributed by atoms with Crippen molar-refractivity contribution >= 4 is 29.1 Å². The molecule has 3 rings (SSSR count). The Balaban J connectivity index is 1.61. The van der Waals surface area contributed by atoms with Gasteiger partial charge in [-0.2, -0.15) is 0 Å². The summed E-state index contributed by atoms with van der Waals surface area (Å²) < 4.78 is 5.78. The van der Waals surface area contributed by atoms with Crippen molar-refractivity contribution in [2.24, 2.45) is 0 Å². The number of carbonyl (C=O) groups is 1. The van der Waals surface area contributed by atoms with E-state index in [1.807, 2.05) is 54.3 Å². The molecule has 1 N–H and O–H groups in total. The fourth-order valence-corrected chi connectivity index (χ4v) is 3.45. The van der Waals surface area contributed by atoms with Crippen LogP contribution in [0.15, 0.2) is 52.9 Å². The number of hydrogen-bond acceptors (Lipinski definition) is 5. The van der Waals surface area contributed by atoms with Gasteiger partial charge < -0.3 is 9.73 Å². The van der Waals surface area contributed by atoms with Crippen molar-refractivity contribution < 1.29 is 9.21 Å². The lowest BCUT2D eigenvalue weighted by molar-refractivity contribution is -0.123. The van der Waals surface area contributed by atoms with Crippen LogP contribution in [-0.4, -0.2) is 34.1 Å². The van der Waals surface area contributed by atoms with Crippen molar-refractivity contribution in [3.63, 3.8) is 0 Å². The summed E-state index contributed by atoms with van der Waals surface area (Å²) >= 11 is 12.1. The zero-order valence-electron chi connectivity index (χ0n) is 16.9. The highest BCUT2D eigenvalue weighted by atomic mass is 35.5. The first-order valence-electron chi connectivity index (χ1n) is 9.80. The van der Waals surface area contributed by atoms with Gasteiger partial charge in [0.15, 0.2) is 0 Å². The molecule has 0 aliphatic heterocycles. The molecule has 2 aromatic carbocycles. The topological polar surface area (TPSA) is 71.3 Å². The zero-order chi connectivity index (χ0) is 21.5. The van der Waals surface area contributed by atoms with Gasteiger partial charge in [0.05, 0.1) is 29.7 Å². The van der Waals surface area contributed by atoms with Crippen LogP contribution in [0, 0.1) is 0 Å². The third kappa shape index (κ3) is 6.05. The van der Waals surface area contributed by atoms with Crippen molar-refractivity contribution in [1.82, 2.24) is 20.4 Å². The number of nitrogens with zero attached hydrogens (tertiary/aromatic N) is 3. The summed E-state index contributed by atoms with van der Waals surface area (Å²) in [5.41, 5.74) is 1.69. The van der Waals surface area contributed by atoms with Crippen LogP contribution in [0.4, 0.5) is 0 Å². The lowest BCUT2D eigenvalue weighted by atomic mass is 10.1. The van der Waals surface area contributed by atoms with Gasteiger partial charge >= 0.3 is 0 Å². The molecular weight excluding hydrogens is 423 g/mol. The minimum atomic E-state index is -0.117. The van der Waals surface area contributed by atoms with Crippen molar-refractivity contribution in [2.75, 3.05) is 13.1 Å². The third-order valence-corrected chi connectivity index (χ3v) is 5.17. The molecule has 0 spiro atoms. The Morgan fingerprint density at radius 1 is 1.13 bits per heavy atom. The molecule has 0 bridgehead atoms. The van der Waals surface area contributed by atoms with Crippen LogP contribution < -0.4 is 5.32 Å². The molecule has 8 heteroatoms. The molecule has 30 heavy (non-hydrogen) atoms. The Morgan fingerprint density at radius 2 is 1.87 bits per heavy atom. The normalized spacial score (nSPS) is 12.2. The van der Waals surface area contributed by atoms with E-state index in [2.05, 4.69) is 22.4 Å². The molecule has 0 saturated heterocycles. The molecule has 0 aliphatic carbocycles. The van der Waals surface area contributed by atoms with Crippen molar-refractivity contribution in [3.8, 4) is 11.5 Å². The van der Waals surface area contributed by atoms with Gasteiger partial charge in [0.2, 0.25) is 17.7 Å². The van der Waals surface area contributed by atoms with Crippen molar-refractivity contribution in [1.29, 1.82) is 0 Å². The van der Waals surface area contributed by atoms with E-state index in [1.54, 1.807) is 6.07 Å². The molecule has 0 radical (unpaired) electrons. The van der Waals surface area contributed by atoms with Crippen LogP contribution in [-0.2, 0) is 11.3 Å². The number of rotatable bonds is 9. The number of amides is 1. The summed E-state index contributed by atoms with van der Waals surface area (Å²) in [6.45, 7) is 5.35. The van der Waals surface area contributed by atoms with Crippen LogP contribution in [0.3, 0.4) is 0 Å². The van der Waals surface area contributed by atoms with Crippen molar-refractivity contribution in [2.45, 2.75) is 32.9 Å². The molecule has 1 amide bonds. The van der Waals surface area contributed by atoms with Gasteiger partial charge in [-0.05, 0) is 49.7 Å². The molecule has 1 atom stereocenters. The number of carbonyl (C=O) groups excluding carboxylic acids is 1. The Morgan fingerprint density at radius 3 is 2.57 bits per heavy atom. The zero-order valence-corrected chi connectivity index (χ0v) is 18.5. The summed E-state index contributed by atoms with van der Waals surface area (Å²) in [7, 11) is 0. The Kier molecular flexibility index (Phi) is 7.85. The number of aromatic nitrogens is 2. The number of hydrogen-bond donors (Lipinski definition) is 1. The van der Waals surface area contributed by atoms with Crippen LogP contribution in [0.1, 0.15) is 37.8 Å². The first-order chi connectivity index (χ1) is 14.5.